The van der Waals surface area contributed by atoms with Crippen molar-refractivity contribution in [3.05, 3.63) is 35.5 Å². The van der Waals surface area contributed by atoms with Crippen LogP contribution in [0.1, 0.15) is 6.92 Å². The molecule has 1 unspecified atom stereocenters. The van der Waals surface area contributed by atoms with Crippen LogP contribution >= 0.6 is 11.8 Å². The van der Waals surface area contributed by atoms with Crippen molar-refractivity contribution >= 4 is 17.4 Å². The lowest BCUT2D eigenvalue weighted by Gasteiger charge is -2.26. The van der Waals surface area contributed by atoms with E-state index in [1.54, 1.807) is 11.8 Å². The molecule has 2 aliphatic rings. The highest BCUT2D eigenvalue weighted by atomic mass is 32.2. The molecule has 0 aromatic heterocycles. The Morgan fingerprint density at radius 1 is 1.36 bits per heavy atom. The molecule has 0 fully saturated rings. The molecule has 1 atom stereocenters. The lowest BCUT2D eigenvalue weighted by Crippen LogP contribution is -2.27. The van der Waals surface area contributed by atoms with Gasteiger partial charge in [-0.05, 0) is 19.1 Å². The highest BCUT2D eigenvalue weighted by Gasteiger charge is 2.28. The summed E-state index contributed by atoms with van der Waals surface area (Å²) in [6, 6.07) is 8.34. The molecular weight excluding hydrogens is 194 g/mol. The predicted octanol–water partition coefficient (Wildman–Crippen LogP) is 3.21. The summed E-state index contributed by atoms with van der Waals surface area (Å²) in [5.41, 5.74) is 1.22. The first-order chi connectivity index (χ1) is 6.86. The fourth-order valence-corrected chi connectivity index (χ4v) is 2.55. The number of hydrogen-bond donors (Lipinski definition) is 0. The third-order valence-electron chi connectivity index (χ3n) is 2.36. The minimum absolute atomic E-state index is 0.128. The monoisotopic (exact) mass is 203 g/mol. The highest BCUT2D eigenvalue weighted by Crippen LogP contribution is 2.42. The van der Waals surface area contributed by atoms with E-state index >= 15 is 0 Å². The van der Waals surface area contributed by atoms with Crippen molar-refractivity contribution < 1.29 is 0 Å². The third-order valence-corrected chi connectivity index (χ3v) is 3.29. The van der Waals surface area contributed by atoms with E-state index in [9.17, 15) is 0 Å². The van der Waals surface area contributed by atoms with E-state index in [1.807, 2.05) is 6.07 Å². The molecule has 0 radical (unpaired) electrons. The van der Waals surface area contributed by atoms with Crippen LogP contribution in [0.15, 0.2) is 50.6 Å². The number of azo groups is 1. The van der Waals surface area contributed by atoms with Gasteiger partial charge in [0.25, 0.3) is 0 Å². The Morgan fingerprint density at radius 2 is 2.21 bits per heavy atom. The molecule has 2 aliphatic heterocycles. The van der Waals surface area contributed by atoms with Crippen molar-refractivity contribution in [1.29, 1.82) is 0 Å². The Morgan fingerprint density at radius 3 is 3.14 bits per heavy atom. The van der Waals surface area contributed by atoms with Crippen LogP contribution in [-0.2, 0) is 0 Å². The van der Waals surface area contributed by atoms with Gasteiger partial charge < -0.3 is 0 Å². The van der Waals surface area contributed by atoms with Crippen molar-refractivity contribution in [2.24, 2.45) is 10.2 Å². The summed E-state index contributed by atoms with van der Waals surface area (Å²) in [6.45, 7) is 2.05. The predicted molar refractivity (Wildman–Crippen MR) is 57.2 cm³/mol. The van der Waals surface area contributed by atoms with Crippen molar-refractivity contribution in [3.8, 4) is 0 Å². The molecule has 14 heavy (non-hydrogen) atoms. The molecule has 0 saturated heterocycles. The number of para-hydroxylation sites is 1. The van der Waals surface area contributed by atoms with Crippen LogP contribution in [0.5, 0.6) is 0 Å². The molecule has 0 saturated carbocycles. The van der Waals surface area contributed by atoms with Gasteiger partial charge in [0.2, 0.25) is 0 Å². The van der Waals surface area contributed by atoms with Crippen molar-refractivity contribution in [2.45, 2.75) is 18.0 Å². The van der Waals surface area contributed by atoms with Crippen LogP contribution in [0.3, 0.4) is 0 Å². The molecule has 0 N–H and O–H groups in total. The Labute approximate surface area is 86.5 Å². The highest BCUT2D eigenvalue weighted by molar-refractivity contribution is 8.02. The van der Waals surface area contributed by atoms with Gasteiger partial charge in [0.15, 0.2) is 5.82 Å². The van der Waals surface area contributed by atoms with Crippen LogP contribution in [-0.4, -0.2) is 6.17 Å². The van der Waals surface area contributed by atoms with E-state index in [2.05, 4.69) is 45.7 Å². The van der Waals surface area contributed by atoms with E-state index in [0.717, 1.165) is 5.82 Å². The second-order valence-corrected chi connectivity index (χ2v) is 4.19. The molecule has 4 heteroatoms. The van der Waals surface area contributed by atoms with Gasteiger partial charge >= 0.3 is 0 Å². The Hall–Kier alpha value is -1.29. The molecule has 0 amide bonds. The first-order valence-corrected chi connectivity index (χ1v) is 5.40. The zero-order valence-corrected chi connectivity index (χ0v) is 8.53. The molecular formula is C10H9N3S. The standard InChI is InChI=1S/C10H9N3S/c1-7-11-12-10-6-14-9-5-3-2-4-8(9)13(7)10/h2-7H,1H3. The zero-order valence-electron chi connectivity index (χ0n) is 7.71. The lowest BCUT2D eigenvalue weighted by atomic mass is 10.2. The van der Waals surface area contributed by atoms with Gasteiger partial charge in [0.05, 0.1) is 5.69 Å². The van der Waals surface area contributed by atoms with E-state index in [0.29, 0.717) is 0 Å². The third kappa shape index (κ3) is 1.00. The molecule has 1 aromatic rings. The van der Waals surface area contributed by atoms with E-state index in [-0.39, 0.29) is 6.17 Å². The number of anilines is 1. The average Bonchev–Trinajstić information content (AvgIpc) is 2.61. The summed E-state index contributed by atoms with van der Waals surface area (Å²) in [5, 5.41) is 10.3. The molecule has 0 spiro atoms. The first-order valence-electron chi connectivity index (χ1n) is 4.52. The number of thioether (sulfide) groups is 1. The van der Waals surface area contributed by atoms with Gasteiger partial charge in [-0.25, -0.2) is 0 Å². The number of nitrogens with zero attached hydrogens (tertiary/aromatic N) is 3. The lowest BCUT2D eigenvalue weighted by molar-refractivity contribution is 0.759. The number of rotatable bonds is 0. The van der Waals surface area contributed by atoms with Gasteiger partial charge in [0, 0.05) is 10.3 Å². The summed E-state index contributed by atoms with van der Waals surface area (Å²) < 4.78 is 0. The van der Waals surface area contributed by atoms with Crippen LogP contribution in [0.2, 0.25) is 0 Å². The summed E-state index contributed by atoms with van der Waals surface area (Å²) in [7, 11) is 0. The van der Waals surface area contributed by atoms with Gasteiger partial charge in [-0.1, -0.05) is 23.9 Å². The Balaban J connectivity index is 2.15. The fourth-order valence-electron chi connectivity index (χ4n) is 1.71. The molecule has 0 aliphatic carbocycles. The molecule has 0 bridgehead atoms. The number of hydrogen-bond acceptors (Lipinski definition) is 4. The second-order valence-electron chi connectivity index (χ2n) is 3.28. The summed E-state index contributed by atoms with van der Waals surface area (Å²) >= 11 is 1.71. The number of fused-ring (bicyclic) bond motifs is 3. The summed E-state index contributed by atoms with van der Waals surface area (Å²) in [5.74, 6) is 0.959. The maximum atomic E-state index is 4.15. The average molecular weight is 203 g/mol. The SMILES string of the molecule is CC1N=NC2=CSc3ccccc3N21. The Bertz CT molecular complexity index is 439. The molecule has 70 valence electrons. The maximum Gasteiger partial charge on any atom is 0.163 e. The molecule has 3 nitrogen and oxygen atoms in total. The van der Waals surface area contributed by atoms with Crippen LogP contribution in [0.4, 0.5) is 5.69 Å². The smallest absolute Gasteiger partial charge is 0.163 e. The van der Waals surface area contributed by atoms with Gasteiger partial charge in [-0.3, -0.25) is 4.90 Å². The molecule has 3 rings (SSSR count). The fraction of sp³-hybridized carbons (Fsp3) is 0.200. The normalized spacial score (nSPS) is 23.1. The largest absolute Gasteiger partial charge is 0.299 e. The van der Waals surface area contributed by atoms with E-state index in [4.69, 9.17) is 0 Å². The summed E-state index contributed by atoms with van der Waals surface area (Å²) in [4.78, 5) is 3.43. The maximum absolute atomic E-state index is 4.15. The van der Waals surface area contributed by atoms with Gasteiger partial charge in [-0.15, -0.1) is 5.11 Å². The van der Waals surface area contributed by atoms with Crippen molar-refractivity contribution in [2.75, 3.05) is 4.90 Å². The summed E-state index contributed by atoms with van der Waals surface area (Å²) in [6.07, 6.45) is 0.128. The zero-order chi connectivity index (χ0) is 9.54. The van der Waals surface area contributed by atoms with Crippen LogP contribution in [0, 0.1) is 0 Å². The first kappa shape index (κ1) is 8.05. The second kappa shape index (κ2) is 2.85. The Kier molecular flexibility index (Phi) is 1.64. The molecule has 2 heterocycles. The topological polar surface area (TPSA) is 28.0 Å². The quantitative estimate of drug-likeness (QED) is 0.647. The minimum atomic E-state index is 0.128. The van der Waals surface area contributed by atoms with Crippen molar-refractivity contribution in [3.63, 3.8) is 0 Å². The van der Waals surface area contributed by atoms with Crippen LogP contribution < -0.4 is 4.90 Å². The molecule has 1 aromatic carbocycles. The van der Waals surface area contributed by atoms with Crippen LogP contribution in [0.25, 0.3) is 0 Å². The number of benzene rings is 1. The van der Waals surface area contributed by atoms with E-state index in [1.165, 1.54) is 10.6 Å². The van der Waals surface area contributed by atoms with Gasteiger partial charge in [0.1, 0.15) is 6.17 Å². The minimum Gasteiger partial charge on any atom is -0.299 e. The van der Waals surface area contributed by atoms with Crippen molar-refractivity contribution in [1.82, 2.24) is 0 Å². The van der Waals surface area contributed by atoms with E-state index < -0.39 is 0 Å². The van der Waals surface area contributed by atoms with Gasteiger partial charge in [-0.2, -0.15) is 5.11 Å².